The number of hydrogen-bond acceptors (Lipinski definition) is 4. The molecule has 0 aliphatic heterocycles. The van der Waals surface area contributed by atoms with Crippen molar-refractivity contribution in [2.45, 2.75) is 62.6 Å². The first-order chi connectivity index (χ1) is 18.1. The summed E-state index contributed by atoms with van der Waals surface area (Å²) in [5.74, 6) is -0.713. The Hall–Kier alpha value is -2.94. The molecule has 0 radical (unpaired) electrons. The van der Waals surface area contributed by atoms with Crippen molar-refractivity contribution >= 4 is 44.2 Å². The molecule has 0 saturated heterocycles. The van der Waals surface area contributed by atoms with Crippen LogP contribution >= 0.6 is 11.6 Å². The van der Waals surface area contributed by atoms with E-state index in [0.29, 0.717) is 5.02 Å². The molecule has 0 bridgehead atoms. The summed E-state index contributed by atoms with van der Waals surface area (Å²) in [6.45, 7) is 1.40. The number of likely N-dealkylation sites (N-methyl/N-ethyl adjacent to an activating group) is 1. The van der Waals surface area contributed by atoms with Gasteiger partial charge in [-0.15, -0.1) is 0 Å². The number of carbonyl (C=O) groups is 2. The lowest BCUT2D eigenvalue weighted by atomic mass is 9.95. The smallest absolute Gasteiger partial charge is 0.243 e. The minimum Gasteiger partial charge on any atom is -0.352 e. The molecule has 1 N–H and O–H groups in total. The summed E-state index contributed by atoms with van der Waals surface area (Å²) in [7, 11) is -2.56. The van der Waals surface area contributed by atoms with Crippen molar-refractivity contribution in [3.05, 3.63) is 77.3 Å². The van der Waals surface area contributed by atoms with Gasteiger partial charge in [-0.3, -0.25) is 9.59 Å². The zero-order chi connectivity index (χ0) is 27.3. The summed E-state index contributed by atoms with van der Waals surface area (Å²) in [6.07, 6.45) is 5.16. The summed E-state index contributed by atoms with van der Waals surface area (Å²) >= 11 is 6.16. The van der Waals surface area contributed by atoms with Crippen molar-refractivity contribution < 1.29 is 18.0 Å². The Bertz CT molecular complexity index is 1410. The number of carbonyl (C=O) groups excluding carboxylic acids is 2. The molecule has 9 heteroatoms. The number of nitrogens with zero attached hydrogens (tertiary/aromatic N) is 2. The van der Waals surface area contributed by atoms with Gasteiger partial charge in [0.1, 0.15) is 6.04 Å². The van der Waals surface area contributed by atoms with E-state index >= 15 is 0 Å². The van der Waals surface area contributed by atoms with E-state index in [2.05, 4.69) is 5.32 Å². The van der Waals surface area contributed by atoms with Crippen LogP contribution in [0.15, 0.2) is 71.6 Å². The Kier molecular flexibility index (Phi) is 9.07. The van der Waals surface area contributed by atoms with E-state index in [1.54, 1.807) is 43.3 Å². The monoisotopic (exact) mass is 555 g/mol. The highest BCUT2D eigenvalue weighted by Gasteiger charge is 2.31. The van der Waals surface area contributed by atoms with Gasteiger partial charge in [-0.05, 0) is 60.4 Å². The van der Waals surface area contributed by atoms with E-state index in [-0.39, 0.29) is 23.4 Å². The molecule has 0 spiro atoms. The largest absolute Gasteiger partial charge is 0.352 e. The van der Waals surface area contributed by atoms with Crippen molar-refractivity contribution in [3.63, 3.8) is 0 Å². The average molecular weight is 556 g/mol. The Labute approximate surface area is 229 Å². The second kappa shape index (κ2) is 12.3. The first kappa shape index (κ1) is 28.1. The van der Waals surface area contributed by atoms with Crippen molar-refractivity contribution in [2.75, 3.05) is 13.6 Å². The maximum absolute atomic E-state index is 13.6. The Morgan fingerprint density at radius 3 is 2.39 bits per heavy atom. The van der Waals surface area contributed by atoms with E-state index in [1.807, 2.05) is 30.3 Å². The molecule has 3 aromatic rings. The SMILES string of the molecule is C[C@@H](C(=O)NC1CCCCC1)N(Cc1cccc(Cl)c1)C(=O)CN(C)S(=O)(=O)c1ccc2ccccc2c1. The number of nitrogens with one attached hydrogen (secondary N) is 1. The van der Waals surface area contributed by atoms with Gasteiger partial charge in [-0.2, -0.15) is 4.31 Å². The number of sulfonamides is 1. The third-order valence-electron chi connectivity index (χ3n) is 7.15. The predicted molar refractivity (Wildman–Crippen MR) is 150 cm³/mol. The molecule has 0 heterocycles. The molecule has 1 saturated carbocycles. The molecule has 1 atom stereocenters. The third kappa shape index (κ3) is 6.73. The molecule has 1 fully saturated rings. The van der Waals surface area contributed by atoms with Crippen molar-refractivity contribution in [1.82, 2.24) is 14.5 Å². The summed E-state index contributed by atoms with van der Waals surface area (Å²) in [5, 5.41) is 5.33. The van der Waals surface area contributed by atoms with Gasteiger partial charge in [0, 0.05) is 24.7 Å². The lowest BCUT2D eigenvalue weighted by Crippen LogP contribution is -2.52. The van der Waals surface area contributed by atoms with Crippen molar-refractivity contribution in [2.24, 2.45) is 0 Å². The highest BCUT2D eigenvalue weighted by Crippen LogP contribution is 2.22. The van der Waals surface area contributed by atoms with Gasteiger partial charge in [-0.1, -0.05) is 73.3 Å². The number of halogens is 1. The summed E-state index contributed by atoms with van der Waals surface area (Å²) < 4.78 is 27.8. The molecule has 38 heavy (non-hydrogen) atoms. The molecule has 2 amide bonds. The number of amides is 2. The first-order valence-electron chi connectivity index (χ1n) is 12.9. The lowest BCUT2D eigenvalue weighted by Gasteiger charge is -2.32. The maximum atomic E-state index is 13.6. The van der Waals surface area contributed by atoms with Crippen LogP contribution in [-0.4, -0.2) is 55.1 Å². The maximum Gasteiger partial charge on any atom is 0.243 e. The van der Waals surface area contributed by atoms with Crippen molar-refractivity contribution in [1.29, 1.82) is 0 Å². The Morgan fingerprint density at radius 1 is 0.974 bits per heavy atom. The fourth-order valence-corrected chi connectivity index (χ4v) is 6.23. The molecular weight excluding hydrogens is 522 g/mol. The molecule has 1 aliphatic rings. The molecule has 202 valence electrons. The van der Waals surface area contributed by atoms with Gasteiger partial charge in [0.15, 0.2) is 0 Å². The predicted octanol–water partition coefficient (Wildman–Crippen LogP) is 4.98. The lowest BCUT2D eigenvalue weighted by molar-refractivity contribution is -0.141. The zero-order valence-electron chi connectivity index (χ0n) is 21.8. The normalized spacial score (nSPS) is 15.4. The first-order valence-corrected chi connectivity index (χ1v) is 14.8. The van der Waals surface area contributed by atoms with Crippen LogP contribution in [0, 0.1) is 0 Å². The van der Waals surface area contributed by atoms with E-state index in [1.165, 1.54) is 18.4 Å². The molecule has 3 aromatic carbocycles. The molecule has 1 aliphatic carbocycles. The molecule has 7 nitrogen and oxygen atoms in total. The van der Waals surface area contributed by atoms with Gasteiger partial charge in [-0.25, -0.2) is 8.42 Å². The van der Waals surface area contributed by atoms with Gasteiger partial charge >= 0.3 is 0 Å². The van der Waals surface area contributed by atoms with Crippen LogP contribution in [0.4, 0.5) is 0 Å². The van der Waals surface area contributed by atoms with E-state index in [4.69, 9.17) is 11.6 Å². The highest BCUT2D eigenvalue weighted by atomic mass is 35.5. The minimum atomic E-state index is -3.94. The van der Waals surface area contributed by atoms with Gasteiger partial charge in [0.2, 0.25) is 21.8 Å². The van der Waals surface area contributed by atoms with Crippen LogP contribution in [0.25, 0.3) is 10.8 Å². The second-order valence-electron chi connectivity index (χ2n) is 9.94. The summed E-state index contributed by atoms with van der Waals surface area (Å²) in [6, 6.07) is 18.8. The third-order valence-corrected chi connectivity index (χ3v) is 9.18. The fraction of sp³-hybridized carbons (Fsp3) is 0.379. The second-order valence-corrected chi connectivity index (χ2v) is 12.4. The van der Waals surface area contributed by atoms with Crippen molar-refractivity contribution in [3.8, 4) is 0 Å². The molecule has 0 aromatic heterocycles. The highest BCUT2D eigenvalue weighted by molar-refractivity contribution is 7.89. The van der Waals surface area contributed by atoms with Crippen LogP contribution in [0.1, 0.15) is 44.6 Å². The van der Waals surface area contributed by atoms with Crippen LogP contribution < -0.4 is 5.32 Å². The van der Waals surface area contributed by atoms with E-state index < -0.39 is 28.5 Å². The number of benzene rings is 3. The Morgan fingerprint density at radius 2 is 1.68 bits per heavy atom. The zero-order valence-corrected chi connectivity index (χ0v) is 23.3. The van der Waals surface area contributed by atoms with Crippen LogP contribution in [0.3, 0.4) is 0 Å². The quantitative estimate of drug-likeness (QED) is 0.403. The van der Waals surface area contributed by atoms with E-state index in [9.17, 15) is 18.0 Å². The Balaban J connectivity index is 1.54. The molecule has 4 rings (SSSR count). The average Bonchev–Trinajstić information content (AvgIpc) is 2.91. The number of rotatable bonds is 9. The van der Waals surface area contributed by atoms with Gasteiger partial charge in [0.05, 0.1) is 11.4 Å². The van der Waals surface area contributed by atoms with Crippen LogP contribution in [0.2, 0.25) is 5.02 Å². The van der Waals surface area contributed by atoms with E-state index in [0.717, 1.165) is 46.3 Å². The van der Waals surface area contributed by atoms with Crippen LogP contribution in [0.5, 0.6) is 0 Å². The topological polar surface area (TPSA) is 86.8 Å². The number of fused-ring (bicyclic) bond motifs is 1. The number of hydrogen-bond donors (Lipinski definition) is 1. The standard InChI is InChI=1S/C29H34ClN3O4S/c1-21(29(35)31-26-13-4-3-5-14-26)33(19-22-9-8-12-25(30)17-22)28(34)20-32(2)38(36,37)27-16-15-23-10-6-7-11-24(23)18-27/h6-12,15-18,21,26H,3-5,13-14,19-20H2,1-2H3,(H,31,35)/t21-/m0/s1. The molecular formula is C29H34ClN3O4S. The summed E-state index contributed by atoms with van der Waals surface area (Å²) in [4.78, 5) is 28.3. The fourth-order valence-electron chi connectivity index (χ4n) is 4.86. The minimum absolute atomic E-state index is 0.0952. The van der Waals surface area contributed by atoms with Crippen LogP contribution in [-0.2, 0) is 26.2 Å². The summed E-state index contributed by atoms with van der Waals surface area (Å²) in [5.41, 5.74) is 0.753. The van der Waals surface area contributed by atoms with Gasteiger partial charge in [0.25, 0.3) is 0 Å². The van der Waals surface area contributed by atoms with Gasteiger partial charge < -0.3 is 10.2 Å². The molecule has 0 unspecified atom stereocenters.